The van der Waals surface area contributed by atoms with Crippen LogP contribution in [-0.2, 0) is 0 Å². The zero-order chi connectivity index (χ0) is 21.1. The SMILES string of the molecule is COc1cc(O)c(-c2cc(-c3ccccc3)n(-c3ccccc3)n2)c(OC)c1OC. The average Bonchev–Trinajstić information content (AvgIpc) is 3.24. The second-order valence-electron chi connectivity index (χ2n) is 6.57. The maximum Gasteiger partial charge on any atom is 0.204 e. The van der Waals surface area contributed by atoms with Gasteiger partial charge in [0.2, 0.25) is 5.75 Å². The van der Waals surface area contributed by atoms with Crippen molar-refractivity contribution in [3.05, 3.63) is 72.8 Å². The third-order valence-electron chi connectivity index (χ3n) is 4.85. The van der Waals surface area contributed by atoms with Gasteiger partial charge in [0.05, 0.1) is 38.3 Å². The highest BCUT2D eigenvalue weighted by atomic mass is 16.5. The Kier molecular flexibility index (Phi) is 5.30. The van der Waals surface area contributed by atoms with E-state index in [1.807, 2.05) is 71.4 Å². The minimum absolute atomic E-state index is 0.0122. The van der Waals surface area contributed by atoms with Gasteiger partial charge in [0, 0.05) is 11.6 Å². The van der Waals surface area contributed by atoms with Crippen molar-refractivity contribution in [1.29, 1.82) is 0 Å². The fraction of sp³-hybridized carbons (Fsp3) is 0.125. The van der Waals surface area contributed by atoms with Crippen LogP contribution in [0.15, 0.2) is 72.8 Å². The number of ether oxygens (including phenoxy) is 3. The van der Waals surface area contributed by atoms with E-state index in [2.05, 4.69) is 0 Å². The van der Waals surface area contributed by atoms with Gasteiger partial charge in [-0.15, -0.1) is 0 Å². The standard InChI is InChI=1S/C24H22N2O4/c1-28-21-15-20(27)22(24(30-3)23(21)29-2)18-14-19(16-10-6-4-7-11-16)26(25-18)17-12-8-5-9-13-17/h4-15,27H,1-3H3. The van der Waals surface area contributed by atoms with Crippen LogP contribution in [0.5, 0.6) is 23.0 Å². The number of benzene rings is 3. The predicted octanol–water partition coefficient (Wildman–Crippen LogP) is 4.94. The van der Waals surface area contributed by atoms with Crippen molar-refractivity contribution < 1.29 is 19.3 Å². The zero-order valence-corrected chi connectivity index (χ0v) is 17.0. The van der Waals surface area contributed by atoms with Crippen molar-refractivity contribution in [2.75, 3.05) is 21.3 Å². The first-order valence-electron chi connectivity index (χ1n) is 9.41. The molecule has 0 amide bonds. The number of hydrogen-bond acceptors (Lipinski definition) is 5. The molecule has 6 nitrogen and oxygen atoms in total. The molecular formula is C24H22N2O4. The molecule has 0 atom stereocenters. The molecule has 0 aliphatic heterocycles. The van der Waals surface area contributed by atoms with Crippen LogP contribution in [0.25, 0.3) is 28.2 Å². The molecule has 0 radical (unpaired) electrons. The lowest BCUT2D eigenvalue weighted by Gasteiger charge is -2.16. The van der Waals surface area contributed by atoms with Crippen molar-refractivity contribution in [2.24, 2.45) is 0 Å². The third kappa shape index (κ3) is 3.33. The Labute approximate surface area is 174 Å². The van der Waals surface area contributed by atoms with Gasteiger partial charge in [-0.25, -0.2) is 4.68 Å². The summed E-state index contributed by atoms with van der Waals surface area (Å²) in [6, 6.07) is 23.2. The van der Waals surface area contributed by atoms with Crippen molar-refractivity contribution in [2.45, 2.75) is 0 Å². The predicted molar refractivity (Wildman–Crippen MR) is 116 cm³/mol. The molecule has 0 fully saturated rings. The van der Waals surface area contributed by atoms with E-state index in [0.717, 1.165) is 16.9 Å². The van der Waals surface area contributed by atoms with Gasteiger partial charge in [-0.05, 0) is 18.2 Å². The van der Waals surface area contributed by atoms with E-state index >= 15 is 0 Å². The molecule has 0 saturated heterocycles. The van der Waals surface area contributed by atoms with Gasteiger partial charge in [-0.3, -0.25) is 0 Å². The molecule has 0 spiro atoms. The van der Waals surface area contributed by atoms with Crippen molar-refractivity contribution in [3.8, 4) is 51.2 Å². The summed E-state index contributed by atoms with van der Waals surface area (Å²) in [6.45, 7) is 0. The summed E-state index contributed by atoms with van der Waals surface area (Å²) in [7, 11) is 4.56. The van der Waals surface area contributed by atoms with Crippen LogP contribution >= 0.6 is 0 Å². The van der Waals surface area contributed by atoms with Crippen molar-refractivity contribution in [3.63, 3.8) is 0 Å². The second kappa shape index (κ2) is 8.21. The molecule has 0 aliphatic carbocycles. The first-order valence-corrected chi connectivity index (χ1v) is 9.41. The number of para-hydroxylation sites is 1. The minimum atomic E-state index is -0.0122. The Morgan fingerprint density at radius 2 is 1.40 bits per heavy atom. The monoisotopic (exact) mass is 402 g/mol. The van der Waals surface area contributed by atoms with E-state index in [-0.39, 0.29) is 5.75 Å². The smallest absolute Gasteiger partial charge is 0.204 e. The Hall–Kier alpha value is -3.93. The van der Waals surface area contributed by atoms with Crippen LogP contribution in [0, 0.1) is 0 Å². The lowest BCUT2D eigenvalue weighted by Crippen LogP contribution is -2.00. The van der Waals surface area contributed by atoms with Crippen molar-refractivity contribution in [1.82, 2.24) is 9.78 Å². The molecule has 3 aromatic carbocycles. The molecule has 0 bridgehead atoms. The lowest BCUT2D eigenvalue weighted by atomic mass is 10.1. The number of aromatic hydroxyl groups is 1. The van der Waals surface area contributed by atoms with Gasteiger partial charge in [0.15, 0.2) is 11.5 Å². The summed E-state index contributed by atoms with van der Waals surface area (Å²) < 4.78 is 18.3. The summed E-state index contributed by atoms with van der Waals surface area (Å²) in [5.74, 6) is 1.11. The Morgan fingerprint density at radius 1 is 0.767 bits per heavy atom. The molecule has 0 saturated carbocycles. The van der Waals surface area contributed by atoms with Crippen LogP contribution in [0.1, 0.15) is 0 Å². The van der Waals surface area contributed by atoms with Crippen molar-refractivity contribution >= 4 is 0 Å². The molecule has 152 valence electrons. The van der Waals surface area contributed by atoms with Crippen LogP contribution in [0.3, 0.4) is 0 Å². The number of phenols is 1. The summed E-state index contributed by atoms with van der Waals surface area (Å²) in [6.07, 6.45) is 0. The molecule has 4 rings (SSSR count). The van der Waals surface area contributed by atoms with E-state index in [4.69, 9.17) is 19.3 Å². The number of nitrogens with zero attached hydrogens (tertiary/aromatic N) is 2. The maximum absolute atomic E-state index is 10.8. The quantitative estimate of drug-likeness (QED) is 0.495. The van der Waals surface area contributed by atoms with Gasteiger partial charge in [0.1, 0.15) is 11.4 Å². The highest BCUT2D eigenvalue weighted by molar-refractivity contribution is 5.82. The molecule has 1 N–H and O–H groups in total. The van der Waals surface area contributed by atoms with Crippen LogP contribution in [0.4, 0.5) is 0 Å². The van der Waals surface area contributed by atoms with E-state index < -0.39 is 0 Å². The average molecular weight is 402 g/mol. The second-order valence-corrected chi connectivity index (χ2v) is 6.57. The van der Waals surface area contributed by atoms with Crippen LogP contribution in [0.2, 0.25) is 0 Å². The molecule has 1 aromatic heterocycles. The topological polar surface area (TPSA) is 65.7 Å². The van der Waals surface area contributed by atoms with E-state index in [0.29, 0.717) is 28.5 Å². The van der Waals surface area contributed by atoms with Gasteiger partial charge in [-0.1, -0.05) is 48.5 Å². The largest absolute Gasteiger partial charge is 0.507 e. The highest BCUT2D eigenvalue weighted by Crippen LogP contribution is 2.49. The van der Waals surface area contributed by atoms with Crippen LogP contribution < -0.4 is 14.2 Å². The first kappa shape index (κ1) is 19.4. The fourth-order valence-electron chi connectivity index (χ4n) is 3.47. The minimum Gasteiger partial charge on any atom is -0.507 e. The first-order chi connectivity index (χ1) is 14.7. The molecule has 30 heavy (non-hydrogen) atoms. The zero-order valence-electron chi connectivity index (χ0n) is 17.0. The molecule has 6 heteroatoms. The summed E-state index contributed by atoms with van der Waals surface area (Å²) in [5.41, 5.74) is 3.77. The third-order valence-corrected chi connectivity index (χ3v) is 4.85. The highest BCUT2D eigenvalue weighted by Gasteiger charge is 2.25. The summed E-state index contributed by atoms with van der Waals surface area (Å²) in [4.78, 5) is 0. The number of phenolic OH excluding ortho intramolecular Hbond substituents is 1. The van der Waals surface area contributed by atoms with Gasteiger partial charge in [-0.2, -0.15) is 5.10 Å². The molecule has 4 aromatic rings. The van der Waals surface area contributed by atoms with Gasteiger partial charge in [0.25, 0.3) is 0 Å². The maximum atomic E-state index is 10.8. The Morgan fingerprint density at radius 3 is 2.00 bits per heavy atom. The number of hydrogen-bond donors (Lipinski definition) is 1. The number of methoxy groups -OCH3 is 3. The van der Waals surface area contributed by atoms with E-state index in [9.17, 15) is 5.11 Å². The molecule has 1 heterocycles. The fourth-order valence-corrected chi connectivity index (χ4v) is 3.47. The van der Waals surface area contributed by atoms with E-state index in [1.54, 1.807) is 0 Å². The molecular weight excluding hydrogens is 380 g/mol. The number of rotatable bonds is 6. The normalized spacial score (nSPS) is 10.6. The van der Waals surface area contributed by atoms with Gasteiger partial charge < -0.3 is 19.3 Å². The molecule has 0 unspecified atom stereocenters. The van der Waals surface area contributed by atoms with E-state index in [1.165, 1.54) is 27.4 Å². The summed E-state index contributed by atoms with van der Waals surface area (Å²) >= 11 is 0. The Balaban J connectivity index is 1.99. The Bertz CT molecular complexity index is 1100. The lowest BCUT2D eigenvalue weighted by molar-refractivity contribution is 0.321. The van der Waals surface area contributed by atoms with Gasteiger partial charge >= 0.3 is 0 Å². The summed E-state index contributed by atoms with van der Waals surface area (Å²) in [5, 5.41) is 15.6. The molecule has 0 aliphatic rings. The number of aromatic nitrogens is 2. The van der Waals surface area contributed by atoms with Crippen LogP contribution in [-0.4, -0.2) is 36.2 Å².